The van der Waals surface area contributed by atoms with Crippen LogP contribution in [-0.4, -0.2) is 47.3 Å². The quantitative estimate of drug-likeness (QED) is 0.647. The Morgan fingerprint density at radius 3 is 2.86 bits per heavy atom. The molecule has 0 spiro atoms. The van der Waals surface area contributed by atoms with Crippen molar-refractivity contribution >= 4 is 23.6 Å². The van der Waals surface area contributed by atoms with Crippen LogP contribution < -0.4 is 5.32 Å². The summed E-state index contributed by atoms with van der Waals surface area (Å²) >= 11 is 0. The maximum Gasteiger partial charge on any atom is 0.247 e. The number of amides is 1. The molecule has 4 heterocycles. The van der Waals surface area contributed by atoms with Crippen LogP contribution in [0.2, 0.25) is 0 Å². The van der Waals surface area contributed by atoms with Crippen LogP contribution in [0.4, 0.5) is 11.6 Å². The van der Waals surface area contributed by atoms with Crippen molar-refractivity contribution in [3.8, 4) is 0 Å². The monoisotopic (exact) mass is 392 g/mol. The van der Waals surface area contributed by atoms with E-state index in [1.807, 2.05) is 44.0 Å². The SMILES string of the molecule is Cc1nc(Nc2cc(C)[nH]n2)cc(C2CCCN2C(=O)/C=C/c2ccnn2C)n1. The van der Waals surface area contributed by atoms with Gasteiger partial charge in [0.15, 0.2) is 5.82 Å². The highest BCUT2D eigenvalue weighted by molar-refractivity contribution is 5.92. The van der Waals surface area contributed by atoms with E-state index in [2.05, 4.69) is 30.6 Å². The Balaban J connectivity index is 1.54. The van der Waals surface area contributed by atoms with Gasteiger partial charge in [-0.05, 0) is 38.8 Å². The topological polar surface area (TPSA) is 105 Å². The first-order valence-electron chi connectivity index (χ1n) is 9.61. The summed E-state index contributed by atoms with van der Waals surface area (Å²) in [4.78, 5) is 23.8. The van der Waals surface area contributed by atoms with Crippen molar-refractivity contribution in [1.82, 2.24) is 34.8 Å². The minimum absolute atomic E-state index is 0.0256. The highest BCUT2D eigenvalue weighted by Crippen LogP contribution is 2.32. The Labute approximate surface area is 168 Å². The van der Waals surface area contributed by atoms with Gasteiger partial charge in [0.05, 0.1) is 17.4 Å². The molecule has 29 heavy (non-hydrogen) atoms. The fourth-order valence-electron chi connectivity index (χ4n) is 3.58. The van der Waals surface area contributed by atoms with Gasteiger partial charge in [0.2, 0.25) is 5.91 Å². The van der Waals surface area contributed by atoms with Gasteiger partial charge in [-0.15, -0.1) is 0 Å². The van der Waals surface area contributed by atoms with Crippen molar-refractivity contribution < 1.29 is 4.79 Å². The van der Waals surface area contributed by atoms with Crippen LogP contribution in [0, 0.1) is 13.8 Å². The normalized spacial score (nSPS) is 16.7. The highest BCUT2D eigenvalue weighted by atomic mass is 16.2. The molecule has 1 atom stereocenters. The predicted molar refractivity (Wildman–Crippen MR) is 109 cm³/mol. The van der Waals surface area contributed by atoms with E-state index in [0.717, 1.165) is 29.9 Å². The lowest BCUT2D eigenvalue weighted by atomic mass is 10.1. The first-order chi connectivity index (χ1) is 14.0. The highest BCUT2D eigenvalue weighted by Gasteiger charge is 2.30. The van der Waals surface area contributed by atoms with Gasteiger partial charge in [-0.3, -0.25) is 14.6 Å². The number of carbonyl (C=O) groups excluding carboxylic acids is 1. The van der Waals surface area contributed by atoms with Gasteiger partial charge < -0.3 is 10.2 Å². The second-order valence-electron chi connectivity index (χ2n) is 7.19. The summed E-state index contributed by atoms with van der Waals surface area (Å²) in [5.41, 5.74) is 2.69. The molecule has 1 amide bonds. The lowest BCUT2D eigenvalue weighted by Gasteiger charge is -2.23. The Morgan fingerprint density at radius 1 is 1.28 bits per heavy atom. The third kappa shape index (κ3) is 4.18. The van der Waals surface area contributed by atoms with Crippen LogP contribution in [0.3, 0.4) is 0 Å². The zero-order valence-electron chi connectivity index (χ0n) is 16.8. The van der Waals surface area contributed by atoms with E-state index >= 15 is 0 Å². The molecule has 9 nitrogen and oxygen atoms in total. The molecule has 2 N–H and O–H groups in total. The number of aromatic nitrogens is 6. The van der Waals surface area contributed by atoms with E-state index in [1.165, 1.54) is 0 Å². The van der Waals surface area contributed by atoms with Crippen LogP contribution in [0.5, 0.6) is 0 Å². The van der Waals surface area contributed by atoms with E-state index in [4.69, 9.17) is 0 Å². The smallest absolute Gasteiger partial charge is 0.247 e. The molecule has 150 valence electrons. The van der Waals surface area contributed by atoms with Gasteiger partial charge in [-0.1, -0.05) is 0 Å². The third-order valence-electron chi connectivity index (χ3n) is 4.95. The summed E-state index contributed by atoms with van der Waals surface area (Å²) in [5, 5.41) is 14.4. The summed E-state index contributed by atoms with van der Waals surface area (Å²) in [6.07, 6.45) is 6.93. The summed E-state index contributed by atoms with van der Waals surface area (Å²) in [6.45, 7) is 4.51. The summed E-state index contributed by atoms with van der Waals surface area (Å²) in [5.74, 6) is 2.00. The largest absolute Gasteiger partial charge is 0.331 e. The second kappa shape index (κ2) is 7.86. The molecule has 1 aliphatic heterocycles. The summed E-state index contributed by atoms with van der Waals surface area (Å²) < 4.78 is 1.73. The molecule has 1 aliphatic rings. The Kier molecular flexibility index (Phi) is 5.11. The molecular weight excluding hydrogens is 368 g/mol. The zero-order valence-corrected chi connectivity index (χ0v) is 16.8. The average Bonchev–Trinajstić information content (AvgIpc) is 3.41. The van der Waals surface area contributed by atoms with Crippen LogP contribution >= 0.6 is 0 Å². The molecule has 4 rings (SSSR count). The number of likely N-dealkylation sites (tertiary alicyclic amines) is 1. The number of rotatable bonds is 5. The first-order valence-corrected chi connectivity index (χ1v) is 9.61. The molecular formula is C20H24N8O. The number of hydrogen-bond donors (Lipinski definition) is 2. The number of carbonyl (C=O) groups is 1. The standard InChI is InChI=1S/C20H24N8O/c1-13-11-19(26-25-13)24-18-12-16(22-14(2)23-18)17-5-4-10-28(17)20(29)7-6-15-8-9-21-27(15)3/h6-9,11-12,17H,4-5,10H2,1-3H3,(H2,22,23,24,25,26)/b7-6+. The molecule has 1 saturated heterocycles. The molecule has 9 heteroatoms. The molecule has 0 radical (unpaired) electrons. The van der Waals surface area contributed by atoms with E-state index in [-0.39, 0.29) is 11.9 Å². The Bertz CT molecular complexity index is 1050. The van der Waals surface area contributed by atoms with Crippen LogP contribution in [0.25, 0.3) is 6.08 Å². The fraction of sp³-hybridized carbons (Fsp3) is 0.350. The van der Waals surface area contributed by atoms with Crippen LogP contribution in [-0.2, 0) is 11.8 Å². The van der Waals surface area contributed by atoms with Crippen molar-refractivity contribution in [1.29, 1.82) is 0 Å². The van der Waals surface area contributed by atoms with Gasteiger partial charge in [0.25, 0.3) is 0 Å². The van der Waals surface area contributed by atoms with Crippen molar-refractivity contribution in [3.05, 3.63) is 53.4 Å². The Hall–Kier alpha value is -3.49. The van der Waals surface area contributed by atoms with Gasteiger partial charge >= 0.3 is 0 Å². The van der Waals surface area contributed by atoms with Crippen LogP contribution in [0.1, 0.15) is 41.8 Å². The van der Waals surface area contributed by atoms with Crippen molar-refractivity contribution in [2.24, 2.45) is 7.05 Å². The molecule has 3 aromatic heterocycles. The van der Waals surface area contributed by atoms with Crippen molar-refractivity contribution in [2.45, 2.75) is 32.7 Å². The van der Waals surface area contributed by atoms with E-state index in [0.29, 0.717) is 24.0 Å². The number of anilines is 2. The summed E-state index contributed by atoms with van der Waals surface area (Å²) in [7, 11) is 1.85. The van der Waals surface area contributed by atoms with Crippen LogP contribution in [0.15, 0.2) is 30.5 Å². The number of hydrogen-bond acceptors (Lipinski definition) is 6. The molecule has 3 aromatic rings. The van der Waals surface area contributed by atoms with E-state index < -0.39 is 0 Å². The maximum atomic E-state index is 12.8. The minimum atomic E-state index is -0.0677. The fourth-order valence-corrected chi connectivity index (χ4v) is 3.58. The van der Waals surface area contributed by atoms with E-state index in [1.54, 1.807) is 23.0 Å². The lowest BCUT2D eigenvalue weighted by molar-refractivity contribution is -0.126. The number of nitrogens with one attached hydrogen (secondary N) is 2. The number of aromatic amines is 1. The maximum absolute atomic E-state index is 12.8. The first kappa shape index (κ1) is 18.9. The van der Waals surface area contributed by atoms with Crippen molar-refractivity contribution in [3.63, 3.8) is 0 Å². The average molecular weight is 392 g/mol. The Morgan fingerprint density at radius 2 is 2.14 bits per heavy atom. The van der Waals surface area contributed by atoms with Gasteiger partial charge in [0.1, 0.15) is 11.6 Å². The van der Waals surface area contributed by atoms with Gasteiger partial charge in [-0.25, -0.2) is 9.97 Å². The molecule has 0 aliphatic carbocycles. The molecule has 0 saturated carbocycles. The third-order valence-corrected chi connectivity index (χ3v) is 4.95. The van der Waals surface area contributed by atoms with Gasteiger partial charge in [0, 0.05) is 43.7 Å². The number of H-pyrrole nitrogens is 1. The molecule has 0 bridgehead atoms. The molecule has 1 unspecified atom stereocenters. The lowest BCUT2D eigenvalue weighted by Crippen LogP contribution is -2.29. The predicted octanol–water partition coefficient (Wildman–Crippen LogP) is 2.67. The second-order valence-corrected chi connectivity index (χ2v) is 7.19. The van der Waals surface area contributed by atoms with Crippen molar-refractivity contribution in [2.75, 3.05) is 11.9 Å². The number of nitrogens with zero attached hydrogens (tertiary/aromatic N) is 6. The van der Waals surface area contributed by atoms with E-state index in [9.17, 15) is 4.79 Å². The summed E-state index contributed by atoms with van der Waals surface area (Å²) in [6, 6.07) is 5.61. The zero-order chi connectivity index (χ0) is 20.4. The molecule has 0 aromatic carbocycles. The minimum Gasteiger partial charge on any atom is -0.331 e. The number of aryl methyl sites for hydroxylation is 3. The van der Waals surface area contributed by atoms with Gasteiger partial charge in [-0.2, -0.15) is 10.2 Å². The molecule has 1 fully saturated rings.